The number of rotatable bonds is 5. The highest BCUT2D eigenvalue weighted by Crippen LogP contribution is 2.15. The number of benzene rings is 1. The zero-order valence-corrected chi connectivity index (χ0v) is 9.72. The van der Waals surface area contributed by atoms with Crippen LogP contribution in [0.2, 0.25) is 0 Å². The first kappa shape index (κ1) is 12.2. The van der Waals surface area contributed by atoms with Gasteiger partial charge in [0.05, 0.1) is 12.5 Å². The van der Waals surface area contributed by atoms with Crippen molar-refractivity contribution in [3.05, 3.63) is 35.9 Å². The summed E-state index contributed by atoms with van der Waals surface area (Å²) in [7, 11) is 0. The van der Waals surface area contributed by atoms with Gasteiger partial charge in [-0.1, -0.05) is 46.3 Å². The number of hydrogen-bond acceptors (Lipinski definition) is 2. The molecule has 82 valence electrons. The number of aliphatic carboxylic acids is 1. The van der Waals surface area contributed by atoms with Crippen LogP contribution in [-0.4, -0.2) is 27.1 Å². The van der Waals surface area contributed by atoms with E-state index in [0.717, 1.165) is 5.56 Å². The standard InChI is InChI=1S/C11H13BrO3/c12-9(10(13)7-11(14)15)6-8-4-2-1-3-5-8/h1-5,9-10,13H,6-7H2,(H,14,15). The Hall–Kier alpha value is -0.870. The molecule has 2 unspecified atom stereocenters. The van der Waals surface area contributed by atoms with Crippen molar-refractivity contribution in [2.75, 3.05) is 0 Å². The Kier molecular flexibility index (Phi) is 4.78. The Morgan fingerprint density at radius 3 is 2.47 bits per heavy atom. The Morgan fingerprint density at radius 1 is 1.33 bits per heavy atom. The number of halogens is 1. The number of hydrogen-bond donors (Lipinski definition) is 2. The first-order valence-corrected chi connectivity index (χ1v) is 5.59. The van der Waals surface area contributed by atoms with Crippen molar-refractivity contribution < 1.29 is 15.0 Å². The van der Waals surface area contributed by atoms with Gasteiger partial charge in [0.2, 0.25) is 0 Å². The number of carbonyl (C=O) groups is 1. The highest BCUT2D eigenvalue weighted by molar-refractivity contribution is 9.09. The zero-order valence-electron chi connectivity index (χ0n) is 8.14. The van der Waals surface area contributed by atoms with Gasteiger partial charge in [-0.05, 0) is 12.0 Å². The molecule has 1 aromatic carbocycles. The molecule has 0 aromatic heterocycles. The Morgan fingerprint density at radius 2 is 1.93 bits per heavy atom. The molecule has 0 saturated carbocycles. The van der Waals surface area contributed by atoms with E-state index in [4.69, 9.17) is 5.11 Å². The maximum absolute atomic E-state index is 10.4. The molecule has 0 aliphatic carbocycles. The van der Waals surface area contributed by atoms with Gasteiger partial charge in [0.1, 0.15) is 0 Å². The van der Waals surface area contributed by atoms with Gasteiger partial charge in [-0.3, -0.25) is 4.79 Å². The molecule has 0 aliphatic heterocycles. The Labute approximate surface area is 96.9 Å². The SMILES string of the molecule is O=C(O)CC(O)C(Br)Cc1ccccc1. The molecule has 0 spiro atoms. The zero-order chi connectivity index (χ0) is 11.3. The first-order chi connectivity index (χ1) is 7.09. The third-order valence-electron chi connectivity index (χ3n) is 2.07. The van der Waals surface area contributed by atoms with Crippen LogP contribution in [0.1, 0.15) is 12.0 Å². The van der Waals surface area contributed by atoms with Crippen LogP contribution in [0.4, 0.5) is 0 Å². The maximum atomic E-state index is 10.4. The molecular weight excluding hydrogens is 260 g/mol. The molecule has 0 saturated heterocycles. The van der Waals surface area contributed by atoms with E-state index in [1.54, 1.807) is 0 Å². The topological polar surface area (TPSA) is 57.5 Å². The minimum absolute atomic E-state index is 0.226. The third-order valence-corrected chi connectivity index (χ3v) is 3.01. The third kappa shape index (κ3) is 4.44. The van der Waals surface area contributed by atoms with E-state index in [0.29, 0.717) is 6.42 Å². The Balaban J connectivity index is 2.48. The van der Waals surface area contributed by atoms with Crippen molar-refractivity contribution in [3.63, 3.8) is 0 Å². The summed E-state index contributed by atoms with van der Waals surface area (Å²) in [6.45, 7) is 0. The number of aliphatic hydroxyl groups is 1. The van der Waals surface area contributed by atoms with E-state index in [1.165, 1.54) is 0 Å². The molecule has 3 nitrogen and oxygen atoms in total. The second-order valence-electron chi connectivity index (χ2n) is 3.37. The quantitative estimate of drug-likeness (QED) is 0.805. The summed E-state index contributed by atoms with van der Waals surface area (Å²) in [5.41, 5.74) is 1.07. The molecule has 0 bridgehead atoms. The van der Waals surface area contributed by atoms with Crippen LogP contribution in [0.15, 0.2) is 30.3 Å². The highest BCUT2D eigenvalue weighted by atomic mass is 79.9. The summed E-state index contributed by atoms with van der Waals surface area (Å²) in [5, 5.41) is 18.0. The smallest absolute Gasteiger partial charge is 0.306 e. The second kappa shape index (κ2) is 5.88. The minimum atomic E-state index is -0.986. The number of alkyl halides is 1. The van der Waals surface area contributed by atoms with Crippen LogP contribution in [0.25, 0.3) is 0 Å². The normalized spacial score (nSPS) is 14.5. The fourth-order valence-corrected chi connectivity index (χ4v) is 1.84. The van der Waals surface area contributed by atoms with Gasteiger partial charge in [-0.15, -0.1) is 0 Å². The largest absolute Gasteiger partial charge is 0.481 e. The molecule has 0 heterocycles. The molecule has 2 N–H and O–H groups in total. The van der Waals surface area contributed by atoms with Gasteiger partial charge in [0, 0.05) is 4.83 Å². The molecule has 1 rings (SSSR count). The lowest BCUT2D eigenvalue weighted by molar-refractivity contribution is -0.139. The summed E-state index contributed by atoms with van der Waals surface area (Å²) < 4.78 is 0. The van der Waals surface area contributed by atoms with Crippen LogP contribution >= 0.6 is 15.9 Å². The van der Waals surface area contributed by atoms with E-state index >= 15 is 0 Å². The van der Waals surface area contributed by atoms with Crippen LogP contribution < -0.4 is 0 Å². The summed E-state index contributed by atoms with van der Waals surface area (Å²) in [4.78, 5) is 10.2. The molecule has 0 amide bonds. The second-order valence-corrected chi connectivity index (χ2v) is 4.55. The van der Waals surface area contributed by atoms with E-state index < -0.39 is 12.1 Å². The molecule has 4 heteroatoms. The lowest BCUT2D eigenvalue weighted by Gasteiger charge is -2.15. The average Bonchev–Trinajstić information content (AvgIpc) is 2.18. The predicted octanol–water partition coefficient (Wildman–Crippen LogP) is 1.83. The lowest BCUT2D eigenvalue weighted by atomic mass is 10.1. The number of carboxylic acid groups (broad SMARTS) is 1. The van der Waals surface area contributed by atoms with Crippen molar-refractivity contribution >= 4 is 21.9 Å². The fraction of sp³-hybridized carbons (Fsp3) is 0.364. The van der Waals surface area contributed by atoms with Gasteiger partial charge in [-0.25, -0.2) is 0 Å². The summed E-state index contributed by atoms with van der Waals surface area (Å²) in [6.07, 6.45) is -0.472. The molecule has 2 atom stereocenters. The predicted molar refractivity (Wildman–Crippen MR) is 61.1 cm³/mol. The van der Waals surface area contributed by atoms with Gasteiger partial charge in [-0.2, -0.15) is 0 Å². The van der Waals surface area contributed by atoms with Gasteiger partial charge in [0.15, 0.2) is 0 Å². The van der Waals surface area contributed by atoms with Crippen molar-refractivity contribution in [1.29, 1.82) is 0 Å². The van der Waals surface area contributed by atoms with Crippen molar-refractivity contribution in [3.8, 4) is 0 Å². The molecule has 15 heavy (non-hydrogen) atoms. The van der Waals surface area contributed by atoms with E-state index in [1.807, 2.05) is 30.3 Å². The summed E-state index contributed by atoms with van der Waals surface area (Å²) >= 11 is 3.30. The molecule has 0 aliphatic rings. The van der Waals surface area contributed by atoms with Gasteiger partial charge < -0.3 is 10.2 Å². The number of aliphatic hydroxyl groups excluding tert-OH is 1. The summed E-state index contributed by atoms with van der Waals surface area (Å²) in [6, 6.07) is 9.64. The van der Waals surface area contributed by atoms with Crippen LogP contribution in [-0.2, 0) is 11.2 Å². The van der Waals surface area contributed by atoms with Crippen molar-refractivity contribution in [2.24, 2.45) is 0 Å². The van der Waals surface area contributed by atoms with Crippen LogP contribution in [0, 0.1) is 0 Å². The van der Waals surface area contributed by atoms with E-state index in [-0.39, 0.29) is 11.2 Å². The van der Waals surface area contributed by atoms with Crippen LogP contribution in [0.3, 0.4) is 0 Å². The van der Waals surface area contributed by atoms with Crippen molar-refractivity contribution in [2.45, 2.75) is 23.8 Å². The van der Waals surface area contributed by atoms with E-state index in [2.05, 4.69) is 15.9 Å². The molecule has 1 aromatic rings. The number of carboxylic acids is 1. The lowest BCUT2D eigenvalue weighted by Crippen LogP contribution is -2.25. The molecular formula is C11H13BrO3. The van der Waals surface area contributed by atoms with Crippen molar-refractivity contribution in [1.82, 2.24) is 0 Å². The molecule has 0 fully saturated rings. The summed E-state index contributed by atoms with van der Waals surface area (Å²) in [5.74, 6) is -0.986. The van der Waals surface area contributed by atoms with Crippen LogP contribution in [0.5, 0.6) is 0 Å². The maximum Gasteiger partial charge on any atom is 0.306 e. The van der Waals surface area contributed by atoms with Gasteiger partial charge >= 0.3 is 5.97 Å². The molecule has 0 radical (unpaired) electrons. The average molecular weight is 273 g/mol. The van der Waals surface area contributed by atoms with Gasteiger partial charge in [0.25, 0.3) is 0 Å². The monoisotopic (exact) mass is 272 g/mol. The first-order valence-electron chi connectivity index (χ1n) is 4.67. The highest BCUT2D eigenvalue weighted by Gasteiger charge is 2.19. The fourth-order valence-electron chi connectivity index (χ4n) is 1.28. The minimum Gasteiger partial charge on any atom is -0.481 e. The Bertz CT molecular complexity index is 313. The van der Waals surface area contributed by atoms with E-state index in [9.17, 15) is 9.90 Å².